The molecule has 29 heavy (non-hydrogen) atoms. The number of anilines is 1. The summed E-state index contributed by atoms with van der Waals surface area (Å²) in [5.41, 5.74) is 16.9. The van der Waals surface area contributed by atoms with Gasteiger partial charge in [0.05, 0.1) is 9.70 Å². The van der Waals surface area contributed by atoms with Gasteiger partial charge in [0.15, 0.2) is 10.2 Å². The molecule has 0 saturated heterocycles. The number of aromatic nitrogens is 1. The highest BCUT2D eigenvalue weighted by Crippen LogP contribution is 2.26. The molecule has 6 nitrogen and oxygen atoms in total. The third-order valence-electron chi connectivity index (χ3n) is 2.82. The molecule has 9 heteroatoms. The van der Waals surface area contributed by atoms with E-state index in [1.807, 2.05) is 60.7 Å². The van der Waals surface area contributed by atoms with Gasteiger partial charge in [0.2, 0.25) is 0 Å². The SMILES string of the molecule is CCO.NC(N)=S.Nc1ncc(-c2ccccc2)s1.O=CC(Br)c1ccccc1. The summed E-state index contributed by atoms with van der Waals surface area (Å²) in [6.45, 7) is 1.93. The molecule has 0 bridgehead atoms. The number of nitrogen functional groups attached to an aromatic ring is 1. The first-order chi connectivity index (χ1) is 13.8. The Labute approximate surface area is 188 Å². The van der Waals surface area contributed by atoms with Crippen LogP contribution >= 0.6 is 39.5 Å². The summed E-state index contributed by atoms with van der Waals surface area (Å²) in [6.07, 6.45) is 2.67. The fourth-order valence-corrected chi connectivity index (χ4v) is 2.73. The number of benzene rings is 2. The van der Waals surface area contributed by atoms with Crippen molar-refractivity contribution in [1.82, 2.24) is 4.98 Å². The topological polar surface area (TPSA) is 128 Å². The highest BCUT2D eigenvalue weighted by molar-refractivity contribution is 9.09. The molecule has 156 valence electrons. The molecule has 0 radical (unpaired) electrons. The molecule has 0 aliphatic rings. The van der Waals surface area contributed by atoms with Crippen LogP contribution in [0, 0.1) is 0 Å². The minimum absolute atomic E-state index is 0.000000000000000222. The molecular weight excluding hydrogens is 472 g/mol. The van der Waals surface area contributed by atoms with Crippen LogP contribution in [0.15, 0.2) is 66.9 Å². The number of thiocarbonyl (C=S) groups is 1. The second-order valence-electron chi connectivity index (χ2n) is 5.10. The third kappa shape index (κ3) is 13.5. The van der Waals surface area contributed by atoms with Crippen molar-refractivity contribution in [2.45, 2.75) is 11.8 Å². The first kappa shape index (κ1) is 26.7. The Kier molecular flexibility index (Phi) is 15.3. The van der Waals surface area contributed by atoms with E-state index in [9.17, 15) is 4.79 Å². The van der Waals surface area contributed by atoms with Crippen LogP contribution in [0.3, 0.4) is 0 Å². The van der Waals surface area contributed by atoms with Gasteiger partial charge in [-0.2, -0.15) is 0 Å². The number of aliphatic hydroxyl groups is 1. The van der Waals surface area contributed by atoms with Crippen molar-refractivity contribution in [3.05, 3.63) is 72.4 Å². The van der Waals surface area contributed by atoms with E-state index in [-0.39, 0.29) is 16.5 Å². The van der Waals surface area contributed by atoms with E-state index in [1.165, 1.54) is 16.9 Å². The number of rotatable bonds is 3. The fraction of sp³-hybridized carbons (Fsp3) is 0.150. The standard InChI is InChI=1S/C9H8N2S.C8H7BrO.C2H6O.CH4N2S/c10-9-11-6-8(12-9)7-4-2-1-3-5-7;9-8(6-10)7-4-2-1-3-5-7;1-2-3;2-1(3)4/h1-6H,(H2,10,11);1-6,8H;3H,2H2,1H3;(H4,2,3,4). The van der Waals surface area contributed by atoms with Gasteiger partial charge in [0.1, 0.15) is 6.29 Å². The first-order valence-electron chi connectivity index (χ1n) is 8.42. The molecule has 0 saturated carbocycles. The van der Waals surface area contributed by atoms with E-state index in [0.29, 0.717) is 5.13 Å². The largest absolute Gasteiger partial charge is 0.397 e. The van der Waals surface area contributed by atoms with Crippen LogP contribution in [-0.2, 0) is 4.79 Å². The number of alkyl halides is 1. The minimum atomic E-state index is -0.159. The number of thiazole rings is 1. The maximum absolute atomic E-state index is 10.3. The van der Waals surface area contributed by atoms with Gasteiger partial charge in [-0.3, -0.25) is 0 Å². The van der Waals surface area contributed by atoms with Gasteiger partial charge in [-0.15, -0.1) is 0 Å². The molecule has 0 spiro atoms. The molecule has 1 atom stereocenters. The normalized spacial score (nSPS) is 9.90. The van der Waals surface area contributed by atoms with Gasteiger partial charge < -0.3 is 27.1 Å². The number of aldehydes is 1. The van der Waals surface area contributed by atoms with Crippen molar-refractivity contribution in [2.75, 3.05) is 12.3 Å². The Balaban J connectivity index is 0.000000417. The van der Waals surface area contributed by atoms with Crippen molar-refractivity contribution >= 4 is 56.0 Å². The second-order valence-corrected chi connectivity index (χ2v) is 7.62. The summed E-state index contributed by atoms with van der Waals surface area (Å²) in [4.78, 5) is 15.2. The van der Waals surface area contributed by atoms with Gasteiger partial charge in [0.25, 0.3) is 0 Å². The number of hydrogen-bond acceptors (Lipinski definition) is 6. The molecule has 0 amide bonds. The Hall–Kier alpha value is -2.33. The quantitative estimate of drug-likeness (QED) is 0.245. The molecule has 0 aliphatic carbocycles. The van der Waals surface area contributed by atoms with Crippen LogP contribution in [0.25, 0.3) is 10.4 Å². The average molecular weight is 497 g/mol. The van der Waals surface area contributed by atoms with E-state index >= 15 is 0 Å². The van der Waals surface area contributed by atoms with Gasteiger partial charge in [0, 0.05) is 12.8 Å². The summed E-state index contributed by atoms with van der Waals surface area (Å²) < 4.78 is 0. The number of carbonyl (C=O) groups excluding carboxylic acids is 1. The highest BCUT2D eigenvalue weighted by atomic mass is 79.9. The predicted octanol–water partition coefficient (Wildman–Crippen LogP) is 3.90. The van der Waals surface area contributed by atoms with Crippen molar-refractivity contribution in [2.24, 2.45) is 11.5 Å². The lowest BCUT2D eigenvalue weighted by atomic mass is 10.2. The van der Waals surface area contributed by atoms with E-state index in [2.05, 4.69) is 44.6 Å². The van der Waals surface area contributed by atoms with E-state index in [4.69, 9.17) is 10.8 Å². The summed E-state index contributed by atoms with van der Waals surface area (Å²) >= 11 is 8.82. The molecule has 1 aromatic heterocycles. The number of aliphatic hydroxyl groups excluding tert-OH is 1. The zero-order valence-electron chi connectivity index (χ0n) is 15.9. The molecular formula is C20H25BrN4O2S2. The third-order valence-corrected chi connectivity index (χ3v) is 4.44. The number of nitrogens with zero attached hydrogens (tertiary/aromatic N) is 1. The van der Waals surface area contributed by atoms with Gasteiger partial charge in [-0.25, -0.2) is 4.98 Å². The number of halogens is 1. The van der Waals surface area contributed by atoms with Crippen molar-refractivity contribution in [3.63, 3.8) is 0 Å². The van der Waals surface area contributed by atoms with Crippen LogP contribution < -0.4 is 17.2 Å². The summed E-state index contributed by atoms with van der Waals surface area (Å²) in [6, 6.07) is 19.7. The van der Waals surface area contributed by atoms with Crippen LogP contribution in [-0.4, -0.2) is 28.1 Å². The van der Waals surface area contributed by atoms with Gasteiger partial charge in [-0.05, 0) is 30.3 Å². The lowest BCUT2D eigenvalue weighted by molar-refractivity contribution is -0.107. The van der Waals surface area contributed by atoms with Crippen LogP contribution in [0.4, 0.5) is 5.13 Å². The zero-order valence-corrected chi connectivity index (χ0v) is 19.2. The minimum Gasteiger partial charge on any atom is -0.397 e. The summed E-state index contributed by atoms with van der Waals surface area (Å²) in [7, 11) is 0. The van der Waals surface area contributed by atoms with Gasteiger partial charge in [-0.1, -0.05) is 87.9 Å². The van der Waals surface area contributed by atoms with Gasteiger partial charge >= 0.3 is 0 Å². The smallest absolute Gasteiger partial charge is 0.180 e. The molecule has 0 fully saturated rings. The summed E-state index contributed by atoms with van der Waals surface area (Å²) in [5, 5.41) is 8.19. The molecule has 3 aromatic rings. The monoisotopic (exact) mass is 496 g/mol. The average Bonchev–Trinajstić information content (AvgIpc) is 3.16. The lowest BCUT2D eigenvalue weighted by Gasteiger charge is -1.98. The Morgan fingerprint density at radius 3 is 2.00 bits per heavy atom. The predicted molar refractivity (Wildman–Crippen MR) is 130 cm³/mol. The Bertz CT molecular complexity index is 814. The molecule has 1 unspecified atom stereocenters. The highest BCUT2D eigenvalue weighted by Gasteiger charge is 2.02. The van der Waals surface area contributed by atoms with Crippen molar-refractivity contribution in [3.8, 4) is 10.4 Å². The second kappa shape index (κ2) is 16.6. The van der Waals surface area contributed by atoms with Crippen LogP contribution in [0.2, 0.25) is 0 Å². The molecule has 1 heterocycles. The van der Waals surface area contributed by atoms with Crippen LogP contribution in [0.1, 0.15) is 17.3 Å². The molecule has 2 aromatic carbocycles. The number of carbonyl (C=O) groups is 1. The van der Waals surface area contributed by atoms with Crippen molar-refractivity contribution in [1.29, 1.82) is 0 Å². The number of hydrogen-bond donors (Lipinski definition) is 4. The van der Waals surface area contributed by atoms with E-state index in [1.54, 1.807) is 13.1 Å². The summed E-state index contributed by atoms with van der Waals surface area (Å²) in [5.74, 6) is 0. The van der Waals surface area contributed by atoms with E-state index < -0.39 is 0 Å². The molecule has 7 N–H and O–H groups in total. The molecule has 0 aliphatic heterocycles. The molecule has 3 rings (SSSR count). The van der Waals surface area contributed by atoms with Crippen molar-refractivity contribution < 1.29 is 9.90 Å². The fourth-order valence-electron chi connectivity index (χ4n) is 1.74. The Morgan fingerprint density at radius 1 is 1.17 bits per heavy atom. The number of nitrogens with two attached hydrogens (primary N) is 3. The maximum Gasteiger partial charge on any atom is 0.180 e. The zero-order chi connectivity index (χ0) is 22.1. The lowest BCUT2D eigenvalue weighted by Crippen LogP contribution is -2.18. The first-order valence-corrected chi connectivity index (χ1v) is 10.6. The Morgan fingerprint density at radius 2 is 1.62 bits per heavy atom. The van der Waals surface area contributed by atoms with E-state index in [0.717, 1.165) is 16.7 Å². The maximum atomic E-state index is 10.3. The van der Waals surface area contributed by atoms with Crippen LogP contribution in [0.5, 0.6) is 0 Å².